The molecule has 2 rings (SSSR count). The second-order valence-corrected chi connectivity index (χ2v) is 5.63. The monoisotopic (exact) mass is 270 g/mol. The van der Waals surface area contributed by atoms with E-state index in [4.69, 9.17) is 4.74 Å². The predicted molar refractivity (Wildman–Crippen MR) is 72.9 cm³/mol. The van der Waals surface area contributed by atoms with Crippen molar-refractivity contribution < 1.29 is 14.6 Å². The molecule has 2 fully saturated rings. The Kier molecular flexibility index (Phi) is 6.07. The number of ether oxygens (including phenoxy) is 1. The summed E-state index contributed by atoms with van der Waals surface area (Å²) in [5, 5.41) is 15.2. The minimum atomic E-state index is -0.384. The van der Waals surface area contributed by atoms with Gasteiger partial charge in [0, 0.05) is 19.7 Å². The Bertz CT molecular complexity index is 280. The number of hydrogen-bond acceptors (Lipinski definition) is 4. The average Bonchev–Trinajstić information content (AvgIpc) is 2.86. The van der Waals surface area contributed by atoms with Crippen LogP contribution in [0.25, 0.3) is 0 Å². The maximum Gasteiger partial charge on any atom is 0.237 e. The lowest BCUT2D eigenvalue weighted by atomic mass is 9.98. The molecule has 0 bridgehead atoms. The van der Waals surface area contributed by atoms with E-state index in [2.05, 4.69) is 10.6 Å². The van der Waals surface area contributed by atoms with Crippen LogP contribution in [-0.4, -0.2) is 49.0 Å². The van der Waals surface area contributed by atoms with Crippen LogP contribution in [0.1, 0.15) is 44.9 Å². The van der Waals surface area contributed by atoms with Crippen LogP contribution in [0.4, 0.5) is 0 Å². The molecule has 5 nitrogen and oxygen atoms in total. The molecule has 0 radical (unpaired) electrons. The molecule has 2 atom stereocenters. The molecule has 19 heavy (non-hydrogen) atoms. The van der Waals surface area contributed by atoms with Gasteiger partial charge in [0.05, 0.1) is 18.2 Å². The quantitative estimate of drug-likeness (QED) is 0.617. The molecule has 0 aromatic heterocycles. The van der Waals surface area contributed by atoms with Crippen LogP contribution in [-0.2, 0) is 9.53 Å². The third kappa shape index (κ3) is 5.09. The number of amides is 1. The third-order valence-corrected chi connectivity index (χ3v) is 3.95. The molecule has 1 saturated carbocycles. The Labute approximate surface area is 115 Å². The van der Waals surface area contributed by atoms with Crippen LogP contribution in [0.2, 0.25) is 0 Å². The first-order chi connectivity index (χ1) is 9.25. The summed E-state index contributed by atoms with van der Waals surface area (Å²) in [5.41, 5.74) is 0. The first kappa shape index (κ1) is 14.8. The highest BCUT2D eigenvalue weighted by Crippen LogP contribution is 2.20. The largest absolute Gasteiger partial charge is 0.392 e. The molecule has 0 aromatic rings. The van der Waals surface area contributed by atoms with Gasteiger partial charge in [0.25, 0.3) is 0 Å². The summed E-state index contributed by atoms with van der Waals surface area (Å²) in [5.74, 6) is -0.00536. The lowest BCUT2D eigenvalue weighted by Crippen LogP contribution is -2.41. The zero-order valence-corrected chi connectivity index (χ0v) is 11.6. The summed E-state index contributed by atoms with van der Waals surface area (Å²) >= 11 is 0. The predicted octanol–water partition coefficient (Wildman–Crippen LogP) is 0.565. The summed E-state index contributed by atoms with van der Waals surface area (Å²) in [6, 6.07) is -0.228. The number of rotatable bonds is 6. The van der Waals surface area contributed by atoms with Crippen molar-refractivity contribution >= 4 is 5.91 Å². The highest BCUT2D eigenvalue weighted by atomic mass is 16.5. The van der Waals surface area contributed by atoms with Gasteiger partial charge < -0.3 is 20.5 Å². The Hall–Kier alpha value is -0.650. The van der Waals surface area contributed by atoms with Crippen molar-refractivity contribution in [3.05, 3.63) is 0 Å². The van der Waals surface area contributed by atoms with Crippen molar-refractivity contribution in [1.29, 1.82) is 0 Å². The molecule has 1 amide bonds. The van der Waals surface area contributed by atoms with Crippen LogP contribution >= 0.6 is 0 Å². The lowest BCUT2D eigenvalue weighted by molar-refractivity contribution is -0.123. The van der Waals surface area contributed by atoms with E-state index in [-0.39, 0.29) is 18.1 Å². The normalized spacial score (nSPS) is 28.5. The van der Waals surface area contributed by atoms with Crippen molar-refractivity contribution in [1.82, 2.24) is 10.6 Å². The van der Waals surface area contributed by atoms with Gasteiger partial charge in [0.2, 0.25) is 5.91 Å². The fourth-order valence-corrected chi connectivity index (χ4v) is 2.81. The molecule has 1 heterocycles. The van der Waals surface area contributed by atoms with Gasteiger partial charge in [0.15, 0.2) is 0 Å². The molecule has 0 spiro atoms. The van der Waals surface area contributed by atoms with Crippen molar-refractivity contribution in [2.45, 2.75) is 63.2 Å². The number of aliphatic hydroxyl groups is 1. The number of aliphatic hydroxyl groups excluding tert-OH is 1. The number of carbonyl (C=O) groups is 1. The van der Waals surface area contributed by atoms with E-state index >= 15 is 0 Å². The van der Waals surface area contributed by atoms with Crippen LogP contribution < -0.4 is 10.6 Å². The van der Waals surface area contributed by atoms with E-state index in [9.17, 15) is 9.90 Å². The molecule has 5 heteroatoms. The Balaban J connectivity index is 1.48. The van der Waals surface area contributed by atoms with E-state index in [0.29, 0.717) is 25.6 Å². The Morgan fingerprint density at radius 2 is 2.11 bits per heavy atom. The molecule has 110 valence electrons. The second-order valence-electron chi connectivity index (χ2n) is 5.63. The van der Waals surface area contributed by atoms with Gasteiger partial charge in [0.1, 0.15) is 0 Å². The summed E-state index contributed by atoms with van der Waals surface area (Å²) in [4.78, 5) is 11.7. The standard InChI is InChI=1S/C14H26N2O3/c17-11-9-13(16-10-11)14(18)15-7-4-8-19-12-5-2-1-3-6-12/h11-13,16-17H,1-10H2,(H,15,18)/t11-,13+/m1/s1. The van der Waals surface area contributed by atoms with Crippen LogP contribution in [0, 0.1) is 0 Å². The molecule has 3 N–H and O–H groups in total. The minimum Gasteiger partial charge on any atom is -0.392 e. The van der Waals surface area contributed by atoms with Gasteiger partial charge in [-0.3, -0.25) is 4.79 Å². The zero-order valence-electron chi connectivity index (χ0n) is 11.6. The van der Waals surface area contributed by atoms with E-state index in [1.54, 1.807) is 0 Å². The summed E-state index contributed by atoms with van der Waals surface area (Å²) < 4.78 is 5.80. The smallest absolute Gasteiger partial charge is 0.237 e. The highest BCUT2D eigenvalue weighted by Gasteiger charge is 2.27. The van der Waals surface area contributed by atoms with Crippen molar-refractivity contribution in [3.63, 3.8) is 0 Å². The highest BCUT2D eigenvalue weighted by molar-refractivity contribution is 5.82. The van der Waals surface area contributed by atoms with Crippen molar-refractivity contribution in [3.8, 4) is 0 Å². The minimum absolute atomic E-state index is 0.00536. The number of carbonyl (C=O) groups excluding carboxylic acids is 1. The topological polar surface area (TPSA) is 70.6 Å². The summed E-state index contributed by atoms with van der Waals surface area (Å²) in [6.45, 7) is 1.90. The fourth-order valence-electron chi connectivity index (χ4n) is 2.81. The Morgan fingerprint density at radius 1 is 1.32 bits per heavy atom. The van der Waals surface area contributed by atoms with Gasteiger partial charge in [-0.25, -0.2) is 0 Å². The van der Waals surface area contributed by atoms with Crippen LogP contribution in [0.5, 0.6) is 0 Å². The first-order valence-electron chi connectivity index (χ1n) is 7.56. The maximum absolute atomic E-state index is 11.7. The molecule has 1 saturated heterocycles. The molecule has 1 aliphatic heterocycles. The van der Waals surface area contributed by atoms with Gasteiger partial charge in [-0.05, 0) is 25.7 Å². The number of nitrogens with one attached hydrogen (secondary N) is 2. The van der Waals surface area contributed by atoms with Crippen molar-refractivity contribution in [2.75, 3.05) is 19.7 Å². The van der Waals surface area contributed by atoms with Crippen LogP contribution in [0.3, 0.4) is 0 Å². The molecular formula is C14H26N2O3. The van der Waals surface area contributed by atoms with Gasteiger partial charge in [-0.1, -0.05) is 19.3 Å². The van der Waals surface area contributed by atoms with Gasteiger partial charge in [-0.15, -0.1) is 0 Å². The van der Waals surface area contributed by atoms with Crippen molar-refractivity contribution in [2.24, 2.45) is 0 Å². The molecule has 1 aliphatic carbocycles. The third-order valence-electron chi connectivity index (χ3n) is 3.95. The summed E-state index contributed by atoms with van der Waals surface area (Å²) in [6.07, 6.45) is 7.74. The van der Waals surface area contributed by atoms with Gasteiger partial charge in [-0.2, -0.15) is 0 Å². The van der Waals surface area contributed by atoms with Gasteiger partial charge >= 0.3 is 0 Å². The Morgan fingerprint density at radius 3 is 2.79 bits per heavy atom. The SMILES string of the molecule is O=C(NCCCOC1CCCCC1)[C@@H]1C[C@@H](O)CN1. The van der Waals surface area contributed by atoms with E-state index in [1.807, 2.05) is 0 Å². The first-order valence-corrected chi connectivity index (χ1v) is 7.56. The maximum atomic E-state index is 11.7. The fraction of sp³-hybridized carbons (Fsp3) is 0.929. The number of hydrogen-bond donors (Lipinski definition) is 3. The van der Waals surface area contributed by atoms with E-state index < -0.39 is 0 Å². The zero-order chi connectivity index (χ0) is 13.5. The molecular weight excluding hydrogens is 244 g/mol. The molecule has 2 aliphatic rings. The average molecular weight is 270 g/mol. The number of β-amino-alcohol motifs (C(OH)–C–C–N with tert-alkyl or cyclic N) is 1. The lowest BCUT2D eigenvalue weighted by Gasteiger charge is -2.22. The van der Waals surface area contributed by atoms with E-state index in [1.165, 1.54) is 32.1 Å². The van der Waals surface area contributed by atoms with E-state index in [0.717, 1.165) is 13.0 Å². The summed E-state index contributed by atoms with van der Waals surface area (Å²) in [7, 11) is 0. The molecule has 0 unspecified atom stereocenters. The second kappa shape index (κ2) is 7.82. The molecule has 0 aromatic carbocycles. The van der Waals surface area contributed by atoms with Crippen LogP contribution in [0.15, 0.2) is 0 Å².